The molecule has 1 aromatic rings. The van der Waals surface area contributed by atoms with Gasteiger partial charge in [0.2, 0.25) is 5.91 Å². The maximum atomic E-state index is 11.0. The summed E-state index contributed by atoms with van der Waals surface area (Å²) in [5.41, 5.74) is 0.0653. The summed E-state index contributed by atoms with van der Waals surface area (Å²) in [6, 6.07) is 7.02. The Labute approximate surface area is 111 Å². The molecule has 1 fully saturated rings. The number of amides is 1. The van der Waals surface area contributed by atoms with Gasteiger partial charge in [0.15, 0.2) is 0 Å². The van der Waals surface area contributed by atoms with Gasteiger partial charge >= 0.3 is 5.97 Å². The Morgan fingerprint density at radius 1 is 1.42 bits per heavy atom. The molecule has 0 radical (unpaired) electrons. The predicted molar refractivity (Wildman–Crippen MR) is 70.2 cm³/mol. The van der Waals surface area contributed by atoms with Crippen LogP contribution in [0.1, 0.15) is 32.6 Å². The summed E-state index contributed by atoms with van der Waals surface area (Å²) >= 11 is 0. The minimum absolute atomic E-state index is 0.0113. The van der Waals surface area contributed by atoms with E-state index in [0.29, 0.717) is 11.4 Å². The molecule has 0 atom stereocenters. The third-order valence-electron chi connectivity index (χ3n) is 3.23. The Kier molecular flexibility index (Phi) is 3.74. The van der Waals surface area contributed by atoms with Gasteiger partial charge in [-0.05, 0) is 31.4 Å². The predicted octanol–water partition coefficient (Wildman–Crippen LogP) is 2.42. The molecule has 0 bridgehead atoms. The fraction of sp³-hybridized carbons (Fsp3) is 0.429. The minimum atomic E-state index is -0.849. The maximum Gasteiger partial charge on any atom is 0.307 e. The lowest BCUT2D eigenvalue weighted by atomic mass is 9.77. The monoisotopic (exact) mass is 263 g/mol. The van der Waals surface area contributed by atoms with E-state index in [4.69, 9.17) is 9.84 Å². The van der Waals surface area contributed by atoms with Gasteiger partial charge in [-0.1, -0.05) is 6.07 Å². The molecule has 5 heteroatoms. The first-order valence-electron chi connectivity index (χ1n) is 6.28. The van der Waals surface area contributed by atoms with Gasteiger partial charge < -0.3 is 15.2 Å². The highest BCUT2D eigenvalue weighted by atomic mass is 16.5. The Morgan fingerprint density at radius 3 is 2.68 bits per heavy atom. The Bertz CT molecular complexity index is 494. The Morgan fingerprint density at radius 2 is 2.16 bits per heavy atom. The molecule has 0 spiro atoms. The quantitative estimate of drug-likeness (QED) is 0.855. The molecule has 1 aromatic carbocycles. The van der Waals surface area contributed by atoms with Crippen molar-refractivity contribution in [3.63, 3.8) is 0 Å². The number of benzene rings is 1. The molecular formula is C14H17NO4. The first kappa shape index (κ1) is 13.4. The maximum absolute atomic E-state index is 11.0. The summed E-state index contributed by atoms with van der Waals surface area (Å²) in [4.78, 5) is 21.9. The Balaban J connectivity index is 2.09. The number of hydrogen-bond donors (Lipinski definition) is 2. The summed E-state index contributed by atoms with van der Waals surface area (Å²) in [6.45, 7) is 1.44. The standard InChI is InChI=1S/C14H17NO4/c1-10(16)15-11-4-2-5-12(8-11)19-14(6-3-7-14)9-13(17)18/h2,4-5,8H,3,6-7,9H2,1H3,(H,15,16)(H,17,18). The first-order chi connectivity index (χ1) is 8.99. The Hall–Kier alpha value is -2.04. The van der Waals surface area contributed by atoms with Crippen molar-refractivity contribution in [3.05, 3.63) is 24.3 Å². The topological polar surface area (TPSA) is 75.6 Å². The van der Waals surface area contributed by atoms with Crippen LogP contribution in [0.4, 0.5) is 5.69 Å². The van der Waals surface area contributed by atoms with E-state index >= 15 is 0 Å². The van der Waals surface area contributed by atoms with E-state index in [9.17, 15) is 9.59 Å². The van der Waals surface area contributed by atoms with E-state index in [2.05, 4.69) is 5.32 Å². The van der Waals surface area contributed by atoms with Crippen molar-refractivity contribution in [2.75, 3.05) is 5.32 Å². The van der Waals surface area contributed by atoms with Crippen molar-refractivity contribution in [1.29, 1.82) is 0 Å². The fourth-order valence-electron chi connectivity index (χ4n) is 2.25. The molecule has 0 aliphatic heterocycles. The average Bonchev–Trinajstić information content (AvgIpc) is 2.25. The van der Waals surface area contributed by atoms with Crippen LogP contribution < -0.4 is 10.1 Å². The lowest BCUT2D eigenvalue weighted by Gasteiger charge is -2.40. The van der Waals surface area contributed by atoms with Crippen LogP contribution in [0.3, 0.4) is 0 Å². The zero-order valence-corrected chi connectivity index (χ0v) is 10.8. The van der Waals surface area contributed by atoms with Crippen molar-refractivity contribution >= 4 is 17.6 Å². The van der Waals surface area contributed by atoms with Crippen LogP contribution in [0, 0.1) is 0 Å². The minimum Gasteiger partial charge on any atom is -0.487 e. The molecule has 1 saturated carbocycles. The SMILES string of the molecule is CC(=O)Nc1cccc(OC2(CC(=O)O)CCC2)c1. The molecule has 1 amide bonds. The molecule has 19 heavy (non-hydrogen) atoms. The van der Waals surface area contributed by atoms with Gasteiger partial charge in [0.25, 0.3) is 0 Å². The van der Waals surface area contributed by atoms with Crippen LogP contribution in [-0.2, 0) is 9.59 Å². The van der Waals surface area contributed by atoms with E-state index in [1.165, 1.54) is 6.92 Å². The number of nitrogens with one attached hydrogen (secondary N) is 1. The molecule has 1 aliphatic carbocycles. The second-order valence-corrected chi connectivity index (χ2v) is 4.92. The van der Waals surface area contributed by atoms with Gasteiger partial charge in [0.05, 0.1) is 6.42 Å². The molecule has 2 rings (SSSR count). The number of carboxylic acid groups (broad SMARTS) is 1. The van der Waals surface area contributed by atoms with Crippen LogP contribution in [0.25, 0.3) is 0 Å². The zero-order chi connectivity index (χ0) is 13.9. The van der Waals surface area contributed by atoms with Gasteiger partial charge in [-0.3, -0.25) is 9.59 Å². The zero-order valence-electron chi connectivity index (χ0n) is 10.8. The van der Waals surface area contributed by atoms with E-state index < -0.39 is 11.6 Å². The lowest BCUT2D eigenvalue weighted by Crippen LogP contribution is -2.45. The highest BCUT2D eigenvalue weighted by Crippen LogP contribution is 2.39. The first-order valence-corrected chi connectivity index (χ1v) is 6.28. The van der Waals surface area contributed by atoms with E-state index in [1.807, 2.05) is 0 Å². The molecule has 0 saturated heterocycles. The van der Waals surface area contributed by atoms with Gasteiger partial charge in [0, 0.05) is 18.7 Å². The number of hydrogen-bond acceptors (Lipinski definition) is 3. The van der Waals surface area contributed by atoms with Gasteiger partial charge in [-0.15, -0.1) is 0 Å². The lowest BCUT2D eigenvalue weighted by molar-refractivity contribution is -0.144. The normalized spacial score (nSPS) is 16.3. The summed E-state index contributed by atoms with van der Waals surface area (Å²) in [5, 5.41) is 11.6. The molecule has 5 nitrogen and oxygen atoms in total. The van der Waals surface area contributed by atoms with Crippen molar-refractivity contribution in [3.8, 4) is 5.75 Å². The van der Waals surface area contributed by atoms with Crippen LogP contribution in [0.5, 0.6) is 5.75 Å². The molecule has 2 N–H and O–H groups in total. The number of rotatable bonds is 5. The van der Waals surface area contributed by atoms with Crippen LogP contribution in [0.15, 0.2) is 24.3 Å². The van der Waals surface area contributed by atoms with Gasteiger partial charge in [-0.2, -0.15) is 0 Å². The van der Waals surface area contributed by atoms with Crippen molar-refractivity contribution in [2.24, 2.45) is 0 Å². The van der Waals surface area contributed by atoms with E-state index in [0.717, 1.165) is 19.3 Å². The number of carbonyl (C=O) groups excluding carboxylic acids is 1. The smallest absolute Gasteiger partial charge is 0.307 e. The van der Waals surface area contributed by atoms with Gasteiger partial charge in [0.1, 0.15) is 11.4 Å². The second-order valence-electron chi connectivity index (χ2n) is 4.92. The van der Waals surface area contributed by atoms with E-state index in [-0.39, 0.29) is 12.3 Å². The number of carbonyl (C=O) groups is 2. The van der Waals surface area contributed by atoms with Crippen molar-refractivity contribution in [1.82, 2.24) is 0 Å². The van der Waals surface area contributed by atoms with E-state index in [1.54, 1.807) is 24.3 Å². The summed E-state index contributed by atoms with van der Waals surface area (Å²) in [6.07, 6.45) is 2.50. The molecule has 0 unspecified atom stereocenters. The van der Waals surface area contributed by atoms with Crippen LogP contribution in [-0.4, -0.2) is 22.6 Å². The fourth-order valence-corrected chi connectivity index (χ4v) is 2.25. The molecule has 0 heterocycles. The third kappa shape index (κ3) is 3.47. The number of aliphatic carboxylic acids is 1. The molecule has 102 valence electrons. The highest BCUT2D eigenvalue weighted by molar-refractivity contribution is 5.88. The largest absolute Gasteiger partial charge is 0.487 e. The van der Waals surface area contributed by atoms with Crippen molar-refractivity contribution < 1.29 is 19.4 Å². The average molecular weight is 263 g/mol. The molecule has 0 aromatic heterocycles. The number of ether oxygens (including phenoxy) is 1. The summed E-state index contributed by atoms with van der Waals surface area (Å²) < 4.78 is 5.84. The summed E-state index contributed by atoms with van der Waals surface area (Å²) in [5.74, 6) is -0.411. The molecule has 1 aliphatic rings. The van der Waals surface area contributed by atoms with Crippen LogP contribution >= 0.6 is 0 Å². The number of anilines is 1. The van der Waals surface area contributed by atoms with Gasteiger partial charge in [-0.25, -0.2) is 0 Å². The molecular weight excluding hydrogens is 246 g/mol. The second kappa shape index (κ2) is 5.30. The highest BCUT2D eigenvalue weighted by Gasteiger charge is 2.41. The number of carboxylic acids is 1. The van der Waals surface area contributed by atoms with Crippen molar-refractivity contribution in [2.45, 2.75) is 38.2 Å². The van der Waals surface area contributed by atoms with Crippen LogP contribution in [0.2, 0.25) is 0 Å². The third-order valence-corrected chi connectivity index (χ3v) is 3.23. The summed E-state index contributed by atoms with van der Waals surface area (Å²) in [7, 11) is 0.